The molecule has 0 bridgehead atoms. The van der Waals surface area contributed by atoms with E-state index in [2.05, 4.69) is 35.8 Å². The van der Waals surface area contributed by atoms with Gasteiger partial charge in [-0.05, 0) is 26.7 Å². The molecule has 1 aromatic heterocycles. The van der Waals surface area contributed by atoms with Crippen LogP contribution in [0.2, 0.25) is 0 Å². The summed E-state index contributed by atoms with van der Waals surface area (Å²) < 4.78 is 5.64. The van der Waals surface area contributed by atoms with E-state index >= 15 is 0 Å². The molecule has 1 aliphatic heterocycles. The number of thioether (sulfide) groups is 1. The fourth-order valence-electron chi connectivity index (χ4n) is 2.60. The van der Waals surface area contributed by atoms with Gasteiger partial charge in [0.1, 0.15) is 0 Å². The predicted molar refractivity (Wildman–Crippen MR) is 91.4 cm³/mol. The van der Waals surface area contributed by atoms with Gasteiger partial charge in [-0.15, -0.1) is 11.3 Å². The molecule has 1 N–H and O–H groups in total. The Morgan fingerprint density at radius 1 is 1.43 bits per heavy atom. The lowest BCUT2D eigenvalue weighted by Crippen LogP contribution is -2.43. The normalized spacial score (nSPS) is 21.8. The first-order valence-electron chi connectivity index (χ1n) is 7.67. The lowest BCUT2D eigenvalue weighted by Gasteiger charge is -2.37. The summed E-state index contributed by atoms with van der Waals surface area (Å²) in [7, 11) is 1.75. The minimum atomic E-state index is 0.317. The summed E-state index contributed by atoms with van der Waals surface area (Å²) in [6.45, 7) is 8.37. The Morgan fingerprint density at radius 2 is 2.24 bits per heavy atom. The topological polar surface area (TPSA) is 37.4 Å². The average molecular weight is 328 g/mol. The zero-order valence-corrected chi connectivity index (χ0v) is 14.8. The maximum atomic E-state index is 5.33. The number of nitrogens with one attached hydrogen (secondary N) is 1. The molecule has 0 aromatic carbocycles. The monoisotopic (exact) mass is 327 g/mol. The first kappa shape index (κ1) is 15.6. The van der Waals surface area contributed by atoms with Crippen LogP contribution in [-0.2, 0) is 17.9 Å². The summed E-state index contributed by atoms with van der Waals surface area (Å²) in [5.74, 6) is 1.18. The molecule has 1 aliphatic carbocycles. The van der Waals surface area contributed by atoms with E-state index in [1.54, 1.807) is 7.11 Å². The first-order valence-corrected chi connectivity index (χ1v) is 9.47. The number of nitrogens with zero attached hydrogens (tertiary/aromatic N) is 2. The van der Waals surface area contributed by atoms with Gasteiger partial charge in [-0.3, -0.25) is 0 Å². The van der Waals surface area contributed by atoms with E-state index in [-0.39, 0.29) is 0 Å². The van der Waals surface area contributed by atoms with Crippen molar-refractivity contribution in [1.29, 1.82) is 0 Å². The number of hydrogen-bond donors (Lipinski definition) is 1. The Hall–Kier alpha value is -0.300. The van der Waals surface area contributed by atoms with Crippen LogP contribution in [0.25, 0.3) is 0 Å². The molecule has 0 amide bonds. The molecule has 1 aromatic rings. The molecule has 2 fully saturated rings. The van der Waals surface area contributed by atoms with E-state index in [0.717, 1.165) is 31.4 Å². The average Bonchev–Trinajstić information content (AvgIpc) is 3.17. The molecule has 2 aliphatic rings. The molecule has 2 heterocycles. The molecule has 6 heteroatoms. The molecule has 1 saturated heterocycles. The fourth-order valence-corrected chi connectivity index (χ4v) is 4.75. The van der Waals surface area contributed by atoms with Crippen LogP contribution >= 0.6 is 23.1 Å². The van der Waals surface area contributed by atoms with E-state index in [4.69, 9.17) is 9.72 Å². The van der Waals surface area contributed by atoms with Crippen LogP contribution in [0.15, 0.2) is 0 Å². The van der Waals surface area contributed by atoms with Crippen molar-refractivity contribution in [2.45, 2.75) is 50.6 Å². The van der Waals surface area contributed by atoms with Gasteiger partial charge >= 0.3 is 0 Å². The van der Waals surface area contributed by atoms with Crippen LogP contribution in [0.1, 0.15) is 37.3 Å². The zero-order valence-electron chi connectivity index (χ0n) is 13.1. The molecule has 0 radical (unpaired) electrons. The van der Waals surface area contributed by atoms with Crippen molar-refractivity contribution in [3.05, 3.63) is 10.6 Å². The number of aromatic nitrogens is 1. The van der Waals surface area contributed by atoms with Crippen molar-refractivity contribution in [1.82, 2.24) is 10.3 Å². The van der Waals surface area contributed by atoms with Crippen LogP contribution in [0.4, 0.5) is 5.13 Å². The molecule has 21 heavy (non-hydrogen) atoms. The van der Waals surface area contributed by atoms with Crippen LogP contribution in [0.5, 0.6) is 0 Å². The van der Waals surface area contributed by atoms with Gasteiger partial charge in [0.25, 0.3) is 0 Å². The summed E-state index contributed by atoms with van der Waals surface area (Å²) in [5.41, 5.74) is 1.11. The molecule has 0 spiro atoms. The lowest BCUT2D eigenvalue weighted by atomic mass is 10.2. The molecule has 0 unspecified atom stereocenters. The van der Waals surface area contributed by atoms with Gasteiger partial charge in [-0.1, -0.05) is 0 Å². The third kappa shape index (κ3) is 4.12. The highest BCUT2D eigenvalue weighted by atomic mass is 32.2. The van der Waals surface area contributed by atoms with Crippen molar-refractivity contribution >= 4 is 28.2 Å². The second-order valence-electron chi connectivity index (χ2n) is 6.48. The Bertz CT molecular complexity index is 485. The van der Waals surface area contributed by atoms with Crippen LogP contribution in [-0.4, -0.2) is 41.7 Å². The second-order valence-corrected chi connectivity index (χ2v) is 9.35. The smallest absolute Gasteiger partial charge is 0.185 e. The SMILES string of the molecule is COCc1nc(N2CCSC(C)(C)C2)sc1CNC1CC1. The lowest BCUT2D eigenvalue weighted by molar-refractivity contribution is 0.181. The van der Waals surface area contributed by atoms with Crippen LogP contribution in [0, 0.1) is 0 Å². The number of rotatable bonds is 6. The number of anilines is 1. The van der Waals surface area contributed by atoms with Gasteiger partial charge in [0.2, 0.25) is 0 Å². The van der Waals surface area contributed by atoms with E-state index in [1.807, 2.05) is 11.3 Å². The quantitative estimate of drug-likeness (QED) is 0.869. The van der Waals surface area contributed by atoms with Gasteiger partial charge < -0.3 is 15.0 Å². The van der Waals surface area contributed by atoms with Gasteiger partial charge in [-0.2, -0.15) is 11.8 Å². The summed E-state index contributed by atoms with van der Waals surface area (Å²) in [4.78, 5) is 8.65. The minimum absolute atomic E-state index is 0.317. The van der Waals surface area contributed by atoms with E-state index in [1.165, 1.54) is 28.6 Å². The van der Waals surface area contributed by atoms with Crippen molar-refractivity contribution in [2.24, 2.45) is 0 Å². The van der Waals surface area contributed by atoms with Crippen molar-refractivity contribution in [3.8, 4) is 0 Å². The highest BCUT2D eigenvalue weighted by Gasteiger charge is 2.29. The summed E-state index contributed by atoms with van der Waals surface area (Å²) in [6, 6.07) is 0.733. The number of methoxy groups -OCH3 is 1. The highest BCUT2D eigenvalue weighted by molar-refractivity contribution is 8.00. The number of hydrogen-bond acceptors (Lipinski definition) is 6. The van der Waals surface area contributed by atoms with Crippen LogP contribution < -0.4 is 10.2 Å². The van der Waals surface area contributed by atoms with Gasteiger partial charge in [0.15, 0.2) is 5.13 Å². The Labute approximate surface area is 135 Å². The maximum absolute atomic E-state index is 5.33. The first-order chi connectivity index (χ1) is 10.1. The van der Waals surface area contributed by atoms with E-state index in [0.29, 0.717) is 11.4 Å². The number of thiazole rings is 1. The van der Waals surface area contributed by atoms with Gasteiger partial charge in [0.05, 0.1) is 12.3 Å². The number of ether oxygens (including phenoxy) is 1. The Morgan fingerprint density at radius 3 is 2.90 bits per heavy atom. The summed E-state index contributed by atoms with van der Waals surface area (Å²) in [6.07, 6.45) is 2.64. The van der Waals surface area contributed by atoms with Crippen LogP contribution in [0.3, 0.4) is 0 Å². The van der Waals surface area contributed by atoms with Crippen molar-refractivity contribution in [3.63, 3.8) is 0 Å². The molecule has 118 valence electrons. The molecule has 1 saturated carbocycles. The zero-order chi connectivity index (χ0) is 14.9. The van der Waals surface area contributed by atoms with Gasteiger partial charge in [0, 0.05) is 48.2 Å². The summed E-state index contributed by atoms with van der Waals surface area (Å²) in [5, 5.41) is 4.77. The predicted octanol–water partition coefficient (Wildman–Crippen LogP) is 2.87. The molecule has 4 nitrogen and oxygen atoms in total. The maximum Gasteiger partial charge on any atom is 0.185 e. The van der Waals surface area contributed by atoms with E-state index < -0.39 is 0 Å². The summed E-state index contributed by atoms with van der Waals surface area (Å²) >= 11 is 3.90. The molecule has 0 atom stereocenters. The second kappa shape index (κ2) is 6.44. The van der Waals surface area contributed by atoms with Crippen molar-refractivity contribution < 1.29 is 4.74 Å². The highest BCUT2D eigenvalue weighted by Crippen LogP contribution is 2.35. The van der Waals surface area contributed by atoms with Gasteiger partial charge in [-0.25, -0.2) is 4.98 Å². The fraction of sp³-hybridized carbons (Fsp3) is 0.800. The molecular weight excluding hydrogens is 302 g/mol. The molecular formula is C15H25N3OS2. The van der Waals surface area contributed by atoms with Crippen molar-refractivity contribution in [2.75, 3.05) is 30.9 Å². The standard InChI is InChI=1S/C15H25N3OS2/c1-15(2)10-18(6-7-20-15)14-17-12(9-19-3)13(21-14)8-16-11-4-5-11/h11,16H,4-10H2,1-3H3. The third-order valence-corrected chi connectivity index (χ3v) is 6.33. The Kier molecular flexibility index (Phi) is 4.78. The third-order valence-electron chi connectivity index (χ3n) is 3.87. The minimum Gasteiger partial charge on any atom is -0.378 e. The molecule has 3 rings (SSSR count). The largest absolute Gasteiger partial charge is 0.378 e. The Balaban J connectivity index is 1.72. The van der Waals surface area contributed by atoms with E-state index in [9.17, 15) is 0 Å².